The monoisotopic (exact) mass is 163 g/mol. The van der Waals surface area contributed by atoms with Crippen molar-refractivity contribution < 1.29 is 14.8 Å². The summed E-state index contributed by atoms with van der Waals surface area (Å²) in [6, 6.07) is 0. The first-order valence-corrected chi connectivity index (χ1v) is 3.54. The van der Waals surface area contributed by atoms with Gasteiger partial charge in [-0.1, -0.05) is 0 Å². The van der Waals surface area contributed by atoms with Gasteiger partial charge in [0, 0.05) is 24.6 Å². The SMILES string of the molecule is CCOCCC(O)C[N+](=O)[O-]. The van der Waals surface area contributed by atoms with Crippen molar-refractivity contribution in [3.63, 3.8) is 0 Å². The van der Waals surface area contributed by atoms with Crippen LogP contribution in [0.5, 0.6) is 0 Å². The average Bonchev–Trinajstić information content (AvgIpc) is 1.86. The predicted octanol–water partition coefficient (Wildman–Crippen LogP) is 0.0506. The van der Waals surface area contributed by atoms with Gasteiger partial charge in [-0.2, -0.15) is 0 Å². The summed E-state index contributed by atoms with van der Waals surface area (Å²) in [5.74, 6) is 0. The Hall–Kier alpha value is -0.680. The van der Waals surface area contributed by atoms with Crippen molar-refractivity contribution >= 4 is 0 Å². The van der Waals surface area contributed by atoms with Gasteiger partial charge in [-0.25, -0.2) is 0 Å². The summed E-state index contributed by atoms with van der Waals surface area (Å²) in [5, 5.41) is 18.8. The number of rotatable bonds is 6. The van der Waals surface area contributed by atoms with Crippen molar-refractivity contribution in [2.24, 2.45) is 0 Å². The van der Waals surface area contributed by atoms with E-state index in [1.54, 1.807) is 0 Å². The molecule has 0 aliphatic carbocycles. The van der Waals surface area contributed by atoms with Crippen molar-refractivity contribution in [1.29, 1.82) is 0 Å². The van der Waals surface area contributed by atoms with E-state index in [4.69, 9.17) is 9.84 Å². The quantitative estimate of drug-likeness (QED) is 0.341. The van der Waals surface area contributed by atoms with E-state index in [0.717, 1.165) is 0 Å². The molecule has 1 unspecified atom stereocenters. The van der Waals surface area contributed by atoms with E-state index in [-0.39, 0.29) is 0 Å². The summed E-state index contributed by atoms with van der Waals surface area (Å²) in [4.78, 5) is 9.32. The number of aliphatic hydroxyl groups is 1. The molecule has 0 saturated carbocycles. The van der Waals surface area contributed by atoms with Gasteiger partial charge in [-0.3, -0.25) is 10.1 Å². The van der Waals surface area contributed by atoms with E-state index >= 15 is 0 Å². The molecule has 5 nitrogen and oxygen atoms in total. The third kappa shape index (κ3) is 7.21. The van der Waals surface area contributed by atoms with E-state index in [0.29, 0.717) is 19.6 Å². The predicted molar refractivity (Wildman–Crippen MR) is 39.0 cm³/mol. The molecule has 0 aliphatic rings. The second-order valence-electron chi connectivity index (χ2n) is 2.15. The third-order valence-electron chi connectivity index (χ3n) is 1.16. The summed E-state index contributed by atoms with van der Waals surface area (Å²) in [6.45, 7) is 2.39. The Balaban J connectivity index is 3.22. The topological polar surface area (TPSA) is 72.6 Å². The lowest BCUT2D eigenvalue weighted by Gasteiger charge is -2.04. The van der Waals surface area contributed by atoms with Gasteiger partial charge in [-0.05, 0) is 6.92 Å². The molecule has 0 aliphatic heterocycles. The zero-order valence-corrected chi connectivity index (χ0v) is 6.52. The van der Waals surface area contributed by atoms with Crippen LogP contribution >= 0.6 is 0 Å². The molecule has 66 valence electrons. The summed E-state index contributed by atoms with van der Waals surface area (Å²) in [7, 11) is 0. The fraction of sp³-hybridized carbons (Fsp3) is 1.00. The van der Waals surface area contributed by atoms with Crippen molar-refractivity contribution in [3.8, 4) is 0 Å². The molecule has 0 bridgehead atoms. The van der Waals surface area contributed by atoms with Crippen LogP contribution < -0.4 is 0 Å². The van der Waals surface area contributed by atoms with Crippen LogP contribution in [0.3, 0.4) is 0 Å². The van der Waals surface area contributed by atoms with Crippen LogP contribution in [0.25, 0.3) is 0 Å². The minimum Gasteiger partial charge on any atom is -0.386 e. The molecule has 0 rings (SSSR count). The normalized spacial score (nSPS) is 12.9. The van der Waals surface area contributed by atoms with Crippen LogP contribution in [0.1, 0.15) is 13.3 Å². The summed E-state index contributed by atoms with van der Waals surface area (Å²) < 4.78 is 4.90. The summed E-state index contributed by atoms with van der Waals surface area (Å²) in [6.07, 6.45) is -0.550. The molecule has 0 heterocycles. The van der Waals surface area contributed by atoms with Crippen LogP contribution in [0.2, 0.25) is 0 Å². The van der Waals surface area contributed by atoms with Crippen molar-refractivity contribution in [3.05, 3.63) is 10.1 Å². The Bertz CT molecular complexity index is 117. The van der Waals surface area contributed by atoms with E-state index in [1.807, 2.05) is 6.92 Å². The zero-order chi connectivity index (χ0) is 8.69. The molecule has 0 fully saturated rings. The van der Waals surface area contributed by atoms with Crippen molar-refractivity contribution in [2.75, 3.05) is 19.8 Å². The lowest BCUT2D eigenvalue weighted by molar-refractivity contribution is -0.490. The Labute approximate surface area is 65.1 Å². The number of nitro groups is 1. The Kier molecular flexibility index (Phi) is 5.68. The first kappa shape index (κ1) is 10.3. The molecular weight excluding hydrogens is 150 g/mol. The molecule has 0 aromatic rings. The second kappa shape index (κ2) is 6.06. The largest absolute Gasteiger partial charge is 0.386 e. The molecular formula is C6H13NO4. The van der Waals surface area contributed by atoms with Gasteiger partial charge in [0.25, 0.3) is 0 Å². The number of nitrogens with zero attached hydrogens (tertiary/aromatic N) is 1. The molecule has 0 aromatic heterocycles. The number of ether oxygens (including phenoxy) is 1. The highest BCUT2D eigenvalue weighted by atomic mass is 16.6. The lowest BCUT2D eigenvalue weighted by atomic mass is 10.3. The Morgan fingerprint density at radius 1 is 1.73 bits per heavy atom. The minimum atomic E-state index is -0.878. The van der Waals surface area contributed by atoms with Crippen LogP contribution in [0, 0.1) is 10.1 Å². The minimum absolute atomic E-state index is 0.328. The molecule has 0 spiro atoms. The Morgan fingerprint density at radius 3 is 2.82 bits per heavy atom. The number of hydrogen-bond donors (Lipinski definition) is 1. The smallest absolute Gasteiger partial charge is 0.229 e. The molecule has 11 heavy (non-hydrogen) atoms. The molecule has 5 heteroatoms. The van der Waals surface area contributed by atoms with Gasteiger partial charge in [0.1, 0.15) is 6.10 Å². The van der Waals surface area contributed by atoms with Crippen molar-refractivity contribution in [1.82, 2.24) is 0 Å². The highest BCUT2D eigenvalue weighted by Crippen LogP contribution is 1.92. The molecule has 0 saturated heterocycles. The van der Waals surface area contributed by atoms with Gasteiger partial charge in [0.05, 0.1) is 0 Å². The molecule has 0 aromatic carbocycles. The number of aliphatic hydroxyl groups excluding tert-OH is 1. The van der Waals surface area contributed by atoms with Gasteiger partial charge < -0.3 is 9.84 Å². The van der Waals surface area contributed by atoms with E-state index in [9.17, 15) is 10.1 Å². The second-order valence-corrected chi connectivity index (χ2v) is 2.15. The van der Waals surface area contributed by atoms with E-state index < -0.39 is 17.6 Å². The Morgan fingerprint density at radius 2 is 2.36 bits per heavy atom. The van der Waals surface area contributed by atoms with Crippen molar-refractivity contribution in [2.45, 2.75) is 19.4 Å². The maximum atomic E-state index is 9.85. The molecule has 1 atom stereocenters. The van der Waals surface area contributed by atoms with Crippen LogP contribution in [0.15, 0.2) is 0 Å². The average molecular weight is 163 g/mol. The third-order valence-corrected chi connectivity index (χ3v) is 1.16. The number of hydrogen-bond acceptors (Lipinski definition) is 4. The van der Waals surface area contributed by atoms with E-state index in [2.05, 4.69) is 0 Å². The lowest BCUT2D eigenvalue weighted by Crippen LogP contribution is -2.21. The highest BCUT2D eigenvalue weighted by molar-refractivity contribution is 4.51. The highest BCUT2D eigenvalue weighted by Gasteiger charge is 2.09. The van der Waals surface area contributed by atoms with Crippen LogP contribution in [0.4, 0.5) is 0 Å². The summed E-state index contributed by atoms with van der Waals surface area (Å²) >= 11 is 0. The van der Waals surface area contributed by atoms with Crippen LogP contribution in [-0.4, -0.2) is 35.9 Å². The fourth-order valence-corrected chi connectivity index (χ4v) is 0.627. The van der Waals surface area contributed by atoms with Gasteiger partial charge in [0.15, 0.2) is 0 Å². The molecule has 1 N–H and O–H groups in total. The first-order chi connectivity index (χ1) is 5.16. The maximum absolute atomic E-state index is 9.85. The standard InChI is InChI=1S/C6H13NO4/c1-2-11-4-3-6(8)5-7(9)10/h6,8H,2-5H2,1H3. The zero-order valence-electron chi connectivity index (χ0n) is 6.52. The van der Waals surface area contributed by atoms with E-state index in [1.165, 1.54) is 0 Å². The van der Waals surface area contributed by atoms with Gasteiger partial charge in [-0.15, -0.1) is 0 Å². The van der Waals surface area contributed by atoms with Gasteiger partial charge >= 0.3 is 0 Å². The molecule has 0 amide bonds. The maximum Gasteiger partial charge on any atom is 0.229 e. The van der Waals surface area contributed by atoms with Crippen LogP contribution in [-0.2, 0) is 4.74 Å². The molecule has 0 radical (unpaired) electrons. The first-order valence-electron chi connectivity index (χ1n) is 3.54. The van der Waals surface area contributed by atoms with Gasteiger partial charge in [0.2, 0.25) is 6.54 Å². The fourth-order valence-electron chi connectivity index (χ4n) is 0.627. The summed E-state index contributed by atoms with van der Waals surface area (Å²) in [5.41, 5.74) is 0.